The smallest absolute Gasteiger partial charge is 0.119 e. The molecule has 2 atom stereocenters. The van der Waals surface area contributed by atoms with Crippen molar-refractivity contribution in [1.82, 2.24) is 9.80 Å². The van der Waals surface area contributed by atoms with Gasteiger partial charge in [-0.3, -0.25) is 4.90 Å². The average molecular weight is 278 g/mol. The van der Waals surface area contributed by atoms with Gasteiger partial charge in [-0.05, 0) is 43.6 Å². The van der Waals surface area contributed by atoms with Crippen LogP contribution in [0.5, 0.6) is 5.75 Å². The first-order valence-electron chi connectivity index (χ1n) is 7.23. The number of hydrogen-bond acceptors (Lipinski definition) is 4. The second-order valence-electron chi connectivity index (χ2n) is 6.01. The van der Waals surface area contributed by atoms with Crippen LogP contribution in [0.2, 0.25) is 0 Å². The lowest BCUT2D eigenvalue weighted by Crippen LogP contribution is -2.28. The minimum atomic E-state index is 0.285. The van der Waals surface area contributed by atoms with Gasteiger partial charge in [0.05, 0.1) is 7.11 Å². The fourth-order valence-electron chi connectivity index (χ4n) is 3.08. The highest BCUT2D eigenvalue weighted by Crippen LogP contribution is 2.25. The summed E-state index contributed by atoms with van der Waals surface area (Å²) in [6.07, 6.45) is 0. The molecule has 0 amide bonds. The molecule has 1 aromatic carbocycles. The molecule has 0 saturated carbocycles. The van der Waals surface area contributed by atoms with Crippen LogP contribution in [-0.2, 0) is 6.54 Å². The molecule has 20 heavy (non-hydrogen) atoms. The normalized spacial score (nSPS) is 23.4. The number of aliphatic hydroxyl groups excluding tert-OH is 1. The molecule has 1 saturated heterocycles. The molecule has 0 spiro atoms. The third-order valence-corrected chi connectivity index (χ3v) is 4.03. The molecule has 1 aromatic rings. The third-order valence-electron chi connectivity index (χ3n) is 4.03. The Labute approximate surface area is 122 Å². The predicted molar refractivity (Wildman–Crippen MR) is 80.9 cm³/mol. The van der Waals surface area contributed by atoms with E-state index in [4.69, 9.17) is 4.74 Å². The van der Waals surface area contributed by atoms with Crippen molar-refractivity contribution in [2.24, 2.45) is 11.8 Å². The number of likely N-dealkylation sites (tertiary alicyclic amines) is 1. The van der Waals surface area contributed by atoms with Crippen LogP contribution >= 0.6 is 0 Å². The molecule has 1 aliphatic rings. The fraction of sp³-hybridized carbons (Fsp3) is 0.625. The minimum Gasteiger partial charge on any atom is -0.497 e. The summed E-state index contributed by atoms with van der Waals surface area (Å²) in [6.45, 7) is 4.29. The Kier molecular flexibility index (Phi) is 5.40. The molecule has 1 fully saturated rings. The van der Waals surface area contributed by atoms with Gasteiger partial charge in [-0.1, -0.05) is 12.1 Å². The Morgan fingerprint density at radius 2 is 2.05 bits per heavy atom. The zero-order valence-corrected chi connectivity index (χ0v) is 12.7. The molecule has 1 N–H and O–H groups in total. The molecule has 0 unspecified atom stereocenters. The SMILES string of the molecule is COc1cccc(CN2C[C@@H](CN(C)C)[C@@H](CO)C2)c1. The lowest BCUT2D eigenvalue weighted by atomic mass is 9.97. The van der Waals surface area contributed by atoms with E-state index in [2.05, 4.69) is 36.0 Å². The van der Waals surface area contributed by atoms with E-state index in [1.54, 1.807) is 7.11 Å². The van der Waals surface area contributed by atoms with Crippen LogP contribution < -0.4 is 4.74 Å². The standard InChI is InChI=1S/C16H26N2O2/c1-17(2)9-14-10-18(11-15(14)12-19)8-13-5-4-6-16(7-13)20-3/h4-7,14-15,19H,8-12H2,1-3H3/t14-,15-/m1/s1. The van der Waals surface area contributed by atoms with Crippen LogP contribution in [0.1, 0.15) is 5.56 Å². The summed E-state index contributed by atoms with van der Waals surface area (Å²) in [5, 5.41) is 9.55. The second kappa shape index (κ2) is 7.07. The average Bonchev–Trinajstić information content (AvgIpc) is 2.80. The van der Waals surface area contributed by atoms with E-state index in [0.29, 0.717) is 11.8 Å². The Balaban J connectivity index is 1.96. The molecule has 0 aromatic heterocycles. The van der Waals surface area contributed by atoms with Crippen LogP contribution in [-0.4, -0.2) is 62.4 Å². The molecule has 112 valence electrons. The summed E-state index contributed by atoms with van der Waals surface area (Å²) < 4.78 is 5.27. The van der Waals surface area contributed by atoms with Gasteiger partial charge in [0.15, 0.2) is 0 Å². The van der Waals surface area contributed by atoms with Crippen molar-refractivity contribution in [3.8, 4) is 5.75 Å². The van der Waals surface area contributed by atoms with Crippen LogP contribution in [0.4, 0.5) is 0 Å². The van der Waals surface area contributed by atoms with E-state index >= 15 is 0 Å². The predicted octanol–water partition coefficient (Wildman–Crippen LogP) is 1.30. The molecular weight excluding hydrogens is 252 g/mol. The van der Waals surface area contributed by atoms with Gasteiger partial charge in [-0.25, -0.2) is 0 Å². The zero-order valence-electron chi connectivity index (χ0n) is 12.7. The van der Waals surface area contributed by atoms with Gasteiger partial charge in [0.1, 0.15) is 5.75 Å². The highest BCUT2D eigenvalue weighted by Gasteiger charge is 2.32. The summed E-state index contributed by atoms with van der Waals surface area (Å²) >= 11 is 0. The molecule has 0 aliphatic carbocycles. The van der Waals surface area contributed by atoms with Gasteiger partial charge in [0, 0.05) is 32.8 Å². The van der Waals surface area contributed by atoms with Gasteiger partial charge in [0.2, 0.25) is 0 Å². The molecule has 4 heteroatoms. The molecule has 4 nitrogen and oxygen atoms in total. The number of hydrogen-bond donors (Lipinski definition) is 1. The molecule has 0 bridgehead atoms. The Morgan fingerprint density at radius 1 is 1.30 bits per heavy atom. The van der Waals surface area contributed by atoms with Gasteiger partial charge in [-0.2, -0.15) is 0 Å². The summed E-state index contributed by atoms with van der Waals surface area (Å²) in [5.41, 5.74) is 1.27. The summed E-state index contributed by atoms with van der Waals surface area (Å²) in [7, 11) is 5.89. The van der Waals surface area contributed by atoms with Crippen molar-refractivity contribution < 1.29 is 9.84 Å². The van der Waals surface area contributed by atoms with Crippen LogP contribution in [0, 0.1) is 11.8 Å². The van der Waals surface area contributed by atoms with Crippen molar-refractivity contribution in [1.29, 1.82) is 0 Å². The van der Waals surface area contributed by atoms with Gasteiger partial charge in [-0.15, -0.1) is 0 Å². The van der Waals surface area contributed by atoms with E-state index in [1.807, 2.05) is 12.1 Å². The van der Waals surface area contributed by atoms with Crippen molar-refractivity contribution in [3.05, 3.63) is 29.8 Å². The number of aliphatic hydroxyl groups is 1. The number of ether oxygens (including phenoxy) is 1. The molecule has 2 rings (SSSR count). The summed E-state index contributed by atoms with van der Waals surface area (Å²) in [4.78, 5) is 4.65. The molecule has 1 aliphatic heterocycles. The number of nitrogens with zero attached hydrogens (tertiary/aromatic N) is 2. The van der Waals surface area contributed by atoms with Crippen molar-refractivity contribution in [3.63, 3.8) is 0 Å². The van der Waals surface area contributed by atoms with Gasteiger partial charge < -0.3 is 14.7 Å². The van der Waals surface area contributed by atoms with E-state index in [-0.39, 0.29) is 6.61 Å². The highest BCUT2D eigenvalue weighted by molar-refractivity contribution is 5.28. The Morgan fingerprint density at radius 3 is 2.70 bits per heavy atom. The lowest BCUT2D eigenvalue weighted by Gasteiger charge is -2.20. The molecule has 0 radical (unpaired) electrons. The van der Waals surface area contributed by atoms with E-state index in [0.717, 1.165) is 31.9 Å². The zero-order chi connectivity index (χ0) is 14.5. The number of benzene rings is 1. The van der Waals surface area contributed by atoms with E-state index in [9.17, 15) is 5.11 Å². The third kappa shape index (κ3) is 3.95. The van der Waals surface area contributed by atoms with E-state index < -0.39 is 0 Å². The maximum absolute atomic E-state index is 9.55. The van der Waals surface area contributed by atoms with Crippen LogP contribution in [0.25, 0.3) is 0 Å². The maximum Gasteiger partial charge on any atom is 0.119 e. The molecule has 1 heterocycles. The minimum absolute atomic E-state index is 0.285. The van der Waals surface area contributed by atoms with Crippen molar-refractivity contribution >= 4 is 0 Å². The van der Waals surface area contributed by atoms with Crippen LogP contribution in [0.3, 0.4) is 0 Å². The van der Waals surface area contributed by atoms with Gasteiger partial charge in [0.25, 0.3) is 0 Å². The second-order valence-corrected chi connectivity index (χ2v) is 6.01. The molecular formula is C16H26N2O2. The van der Waals surface area contributed by atoms with Crippen molar-refractivity contribution in [2.45, 2.75) is 6.54 Å². The van der Waals surface area contributed by atoms with Crippen LogP contribution in [0.15, 0.2) is 24.3 Å². The Hall–Kier alpha value is -1.10. The number of rotatable bonds is 6. The largest absolute Gasteiger partial charge is 0.497 e. The first-order chi connectivity index (χ1) is 9.62. The fourth-order valence-corrected chi connectivity index (χ4v) is 3.08. The first kappa shape index (κ1) is 15.3. The summed E-state index contributed by atoms with van der Waals surface area (Å²) in [6, 6.07) is 8.23. The lowest BCUT2D eigenvalue weighted by molar-refractivity contribution is 0.183. The summed E-state index contributed by atoms with van der Waals surface area (Å²) in [5.74, 6) is 1.86. The van der Waals surface area contributed by atoms with E-state index in [1.165, 1.54) is 5.56 Å². The maximum atomic E-state index is 9.55. The first-order valence-corrected chi connectivity index (χ1v) is 7.23. The monoisotopic (exact) mass is 278 g/mol. The topological polar surface area (TPSA) is 35.9 Å². The number of methoxy groups -OCH3 is 1. The van der Waals surface area contributed by atoms with Crippen molar-refractivity contribution in [2.75, 3.05) is 47.4 Å². The quantitative estimate of drug-likeness (QED) is 0.851. The highest BCUT2D eigenvalue weighted by atomic mass is 16.5. The van der Waals surface area contributed by atoms with Gasteiger partial charge >= 0.3 is 0 Å². The Bertz CT molecular complexity index is 423.